The Hall–Kier alpha value is -8.42. The topological polar surface area (TPSA) is 86.6 Å². The Kier molecular flexibility index (Phi) is 8.25. The summed E-state index contributed by atoms with van der Waals surface area (Å²) in [5.41, 5.74) is 11.3. The fourth-order valence-electron chi connectivity index (χ4n) is 9.15. The van der Waals surface area contributed by atoms with E-state index in [1.165, 1.54) is 0 Å². The smallest absolute Gasteiger partial charge is 0.164 e. The van der Waals surface area contributed by atoms with E-state index in [0.717, 1.165) is 78.3 Å². The zero-order chi connectivity index (χ0) is 41.0. The Balaban J connectivity index is 1.08. The van der Waals surface area contributed by atoms with Gasteiger partial charge in [0.1, 0.15) is 11.5 Å². The van der Waals surface area contributed by atoms with Crippen molar-refractivity contribution in [2.24, 2.45) is 0 Å². The third kappa shape index (κ3) is 5.67. The summed E-state index contributed by atoms with van der Waals surface area (Å²) >= 11 is 0. The van der Waals surface area contributed by atoms with Crippen LogP contribution >= 0.6 is 0 Å². The minimum absolute atomic E-state index is 0.560. The van der Waals surface area contributed by atoms with Gasteiger partial charge in [-0.05, 0) is 34.4 Å². The quantitative estimate of drug-likeness (QED) is 0.166. The molecule has 2 aliphatic rings. The number of ether oxygens (including phenoxy) is 1. The number of hydrogen-bond acceptors (Lipinski definition) is 7. The highest BCUT2D eigenvalue weighted by Gasteiger charge is 2.52. The molecule has 0 N–H and O–H groups in total. The van der Waals surface area contributed by atoms with Gasteiger partial charge in [-0.3, -0.25) is 0 Å². The predicted octanol–water partition coefficient (Wildman–Crippen LogP) is 12.5. The van der Waals surface area contributed by atoms with Gasteiger partial charge in [0.05, 0.1) is 5.41 Å². The fraction of sp³-hybridized carbons (Fsp3) is 0.0182. The molecule has 8 aromatic carbocycles. The van der Waals surface area contributed by atoms with Crippen LogP contribution < -0.4 is 4.74 Å². The van der Waals surface area contributed by atoms with Gasteiger partial charge in [-0.1, -0.05) is 194 Å². The summed E-state index contributed by atoms with van der Waals surface area (Å²) in [4.78, 5) is 30.5. The first-order valence-corrected chi connectivity index (χ1v) is 20.6. The Morgan fingerprint density at radius 3 is 1.23 bits per heavy atom. The van der Waals surface area contributed by atoms with Gasteiger partial charge < -0.3 is 4.74 Å². The van der Waals surface area contributed by atoms with Crippen LogP contribution in [0.1, 0.15) is 22.3 Å². The minimum atomic E-state index is -0.730. The largest absolute Gasteiger partial charge is 0.457 e. The molecule has 7 heteroatoms. The van der Waals surface area contributed by atoms with E-state index < -0.39 is 5.41 Å². The highest BCUT2D eigenvalue weighted by atomic mass is 16.5. The fourth-order valence-corrected chi connectivity index (χ4v) is 9.15. The molecular weight excluding hydrogens is 761 g/mol. The Morgan fingerprint density at radius 1 is 0.274 bits per heavy atom. The Morgan fingerprint density at radius 2 is 0.677 bits per heavy atom. The van der Waals surface area contributed by atoms with Crippen LogP contribution in [0.5, 0.6) is 11.5 Å². The first kappa shape index (κ1) is 35.5. The van der Waals surface area contributed by atoms with E-state index in [9.17, 15) is 0 Å². The number of nitrogens with zero attached hydrogens (tertiary/aromatic N) is 6. The van der Waals surface area contributed by atoms with Gasteiger partial charge in [0.2, 0.25) is 0 Å². The van der Waals surface area contributed by atoms with Crippen LogP contribution in [0.2, 0.25) is 0 Å². The van der Waals surface area contributed by atoms with Crippen LogP contribution in [0.15, 0.2) is 206 Å². The molecule has 0 saturated carbocycles. The summed E-state index contributed by atoms with van der Waals surface area (Å²) in [6.07, 6.45) is 0. The van der Waals surface area contributed by atoms with E-state index in [-0.39, 0.29) is 0 Å². The Labute approximate surface area is 358 Å². The predicted molar refractivity (Wildman–Crippen MR) is 243 cm³/mol. The lowest BCUT2D eigenvalue weighted by atomic mass is 9.66. The highest BCUT2D eigenvalue weighted by Crippen LogP contribution is 2.63. The van der Waals surface area contributed by atoms with E-state index in [1.807, 2.05) is 127 Å². The average Bonchev–Trinajstić information content (AvgIpc) is 3.65. The molecule has 1 aliphatic carbocycles. The van der Waals surface area contributed by atoms with Gasteiger partial charge in [-0.25, -0.2) is 29.9 Å². The van der Waals surface area contributed by atoms with Crippen molar-refractivity contribution in [1.82, 2.24) is 29.9 Å². The van der Waals surface area contributed by atoms with Crippen LogP contribution in [0, 0.1) is 0 Å². The third-order valence-electron chi connectivity index (χ3n) is 11.9. The van der Waals surface area contributed by atoms with Gasteiger partial charge in [0.15, 0.2) is 34.9 Å². The summed E-state index contributed by atoms with van der Waals surface area (Å²) in [6, 6.07) is 70.3. The van der Waals surface area contributed by atoms with Gasteiger partial charge in [-0.2, -0.15) is 0 Å². The van der Waals surface area contributed by atoms with Gasteiger partial charge >= 0.3 is 0 Å². The van der Waals surface area contributed by atoms with Crippen molar-refractivity contribution in [3.05, 3.63) is 229 Å². The second-order valence-corrected chi connectivity index (χ2v) is 15.4. The van der Waals surface area contributed by atoms with Crippen molar-refractivity contribution in [2.75, 3.05) is 0 Å². The standard InChI is InChI=1S/C55H34N6O/c1-5-18-35(19-6-1)49-56-50(36-20-7-2-8-21-36)59-53(58-49)39-32-33-44-47(34-39)62-46-31-16-15-29-43(46)55(44)42-28-14-13-26-40(42)48-41(27-17-30-45(48)55)54-60-51(37-22-9-3-10-23-37)57-52(61-54)38-24-11-4-12-25-38/h1-34H. The molecule has 0 amide bonds. The minimum Gasteiger partial charge on any atom is -0.457 e. The van der Waals surface area contributed by atoms with Gasteiger partial charge in [-0.15, -0.1) is 0 Å². The molecule has 7 nitrogen and oxygen atoms in total. The Bertz CT molecular complexity index is 3210. The summed E-state index contributed by atoms with van der Waals surface area (Å²) in [7, 11) is 0. The molecule has 10 aromatic rings. The van der Waals surface area contributed by atoms with Gasteiger partial charge in [0, 0.05) is 44.5 Å². The molecule has 1 atom stereocenters. The zero-order valence-corrected chi connectivity index (χ0v) is 33.2. The summed E-state index contributed by atoms with van der Waals surface area (Å²) in [6.45, 7) is 0. The van der Waals surface area contributed by atoms with E-state index in [1.54, 1.807) is 0 Å². The third-order valence-corrected chi connectivity index (χ3v) is 11.9. The van der Waals surface area contributed by atoms with Crippen LogP contribution in [0.3, 0.4) is 0 Å². The zero-order valence-electron chi connectivity index (χ0n) is 33.2. The number of rotatable bonds is 6. The van der Waals surface area contributed by atoms with E-state index in [4.69, 9.17) is 34.6 Å². The monoisotopic (exact) mass is 794 g/mol. The molecule has 290 valence electrons. The molecule has 1 aliphatic heterocycles. The highest BCUT2D eigenvalue weighted by molar-refractivity contribution is 5.96. The van der Waals surface area contributed by atoms with Crippen LogP contribution in [-0.4, -0.2) is 29.9 Å². The molecule has 0 bridgehead atoms. The first-order valence-electron chi connectivity index (χ1n) is 20.6. The number of hydrogen-bond donors (Lipinski definition) is 0. The number of para-hydroxylation sites is 1. The molecular formula is C55H34N6O. The summed E-state index contributed by atoms with van der Waals surface area (Å²) < 4.78 is 6.93. The van der Waals surface area contributed by atoms with Crippen LogP contribution in [0.25, 0.3) is 79.5 Å². The molecule has 62 heavy (non-hydrogen) atoms. The van der Waals surface area contributed by atoms with E-state index in [0.29, 0.717) is 34.9 Å². The molecule has 12 rings (SSSR count). The summed E-state index contributed by atoms with van der Waals surface area (Å²) in [5.74, 6) is 5.12. The second kappa shape index (κ2) is 14.4. The van der Waals surface area contributed by atoms with Crippen molar-refractivity contribution in [3.8, 4) is 91.0 Å². The van der Waals surface area contributed by atoms with Crippen LogP contribution in [-0.2, 0) is 5.41 Å². The molecule has 0 radical (unpaired) electrons. The number of aromatic nitrogens is 6. The lowest BCUT2D eigenvalue weighted by Crippen LogP contribution is -2.32. The lowest BCUT2D eigenvalue weighted by Gasteiger charge is -2.39. The second-order valence-electron chi connectivity index (χ2n) is 15.4. The SMILES string of the molecule is c1ccc(-c2nc(-c3ccccc3)nc(-c3ccc4c(c3)Oc3ccccc3C43c4ccccc4-c4c(-c5nc(-c6ccccc6)nc(-c6ccccc6)n5)cccc43)n2)cc1. The lowest BCUT2D eigenvalue weighted by molar-refractivity contribution is 0.436. The molecule has 2 aromatic heterocycles. The van der Waals surface area contributed by atoms with E-state index >= 15 is 0 Å². The maximum atomic E-state index is 6.93. The molecule has 3 heterocycles. The molecule has 1 spiro atoms. The summed E-state index contributed by atoms with van der Waals surface area (Å²) in [5, 5.41) is 0. The average molecular weight is 795 g/mol. The normalized spacial score (nSPS) is 14.3. The first-order chi connectivity index (χ1) is 30.7. The van der Waals surface area contributed by atoms with Crippen LogP contribution in [0.4, 0.5) is 0 Å². The van der Waals surface area contributed by atoms with E-state index in [2.05, 4.69) is 78.9 Å². The molecule has 0 fully saturated rings. The number of fused-ring (bicyclic) bond motifs is 9. The van der Waals surface area contributed by atoms with Crippen molar-refractivity contribution < 1.29 is 4.74 Å². The van der Waals surface area contributed by atoms with Crippen molar-refractivity contribution in [1.29, 1.82) is 0 Å². The number of benzene rings is 8. The molecule has 0 saturated heterocycles. The van der Waals surface area contributed by atoms with Crippen molar-refractivity contribution in [2.45, 2.75) is 5.41 Å². The van der Waals surface area contributed by atoms with Crippen molar-refractivity contribution in [3.63, 3.8) is 0 Å². The maximum Gasteiger partial charge on any atom is 0.164 e. The maximum absolute atomic E-state index is 6.93. The van der Waals surface area contributed by atoms with Gasteiger partial charge in [0.25, 0.3) is 0 Å². The molecule has 1 unspecified atom stereocenters. The van der Waals surface area contributed by atoms with Crippen molar-refractivity contribution >= 4 is 0 Å².